The zero-order valence-electron chi connectivity index (χ0n) is 23.3. The number of ether oxygens (including phenoxy) is 3. The van der Waals surface area contributed by atoms with Crippen LogP contribution in [0.5, 0.6) is 5.75 Å². The first kappa shape index (κ1) is 29.9. The van der Waals surface area contributed by atoms with Crippen molar-refractivity contribution in [1.29, 1.82) is 0 Å². The van der Waals surface area contributed by atoms with Crippen LogP contribution in [0.15, 0.2) is 18.2 Å². The van der Waals surface area contributed by atoms with Crippen molar-refractivity contribution >= 4 is 29.8 Å². The van der Waals surface area contributed by atoms with Gasteiger partial charge < -0.3 is 19.1 Å². The van der Waals surface area contributed by atoms with Crippen LogP contribution in [0.3, 0.4) is 0 Å². The fourth-order valence-corrected chi connectivity index (χ4v) is 3.73. The summed E-state index contributed by atoms with van der Waals surface area (Å²) in [7, 11) is 0. The second-order valence-corrected chi connectivity index (χ2v) is 12.0. The van der Waals surface area contributed by atoms with Gasteiger partial charge in [-0.1, -0.05) is 6.07 Å². The van der Waals surface area contributed by atoms with E-state index in [4.69, 9.17) is 14.2 Å². The lowest BCUT2D eigenvalue weighted by atomic mass is 10.1. The first-order valence-corrected chi connectivity index (χ1v) is 12.4. The van der Waals surface area contributed by atoms with Crippen molar-refractivity contribution in [1.82, 2.24) is 4.90 Å². The van der Waals surface area contributed by atoms with E-state index in [1.165, 1.54) is 11.0 Å². The third kappa shape index (κ3) is 8.65. The molecule has 0 spiro atoms. The average molecular weight is 520 g/mol. The van der Waals surface area contributed by atoms with Crippen molar-refractivity contribution in [2.75, 3.05) is 11.4 Å². The molecule has 37 heavy (non-hydrogen) atoms. The highest BCUT2D eigenvalue weighted by molar-refractivity contribution is 5.97. The summed E-state index contributed by atoms with van der Waals surface area (Å²) < 4.78 is 16.3. The predicted molar refractivity (Wildman–Crippen MR) is 136 cm³/mol. The number of hydrogen-bond donors (Lipinski definition) is 0. The molecule has 0 fully saturated rings. The highest BCUT2D eigenvalue weighted by atomic mass is 16.6. The number of benzene rings is 1. The van der Waals surface area contributed by atoms with Crippen LogP contribution in [0.1, 0.15) is 80.7 Å². The Morgan fingerprint density at radius 2 is 1.38 bits per heavy atom. The Morgan fingerprint density at radius 3 is 1.86 bits per heavy atom. The molecule has 0 N–H and O–H groups in total. The van der Waals surface area contributed by atoms with Gasteiger partial charge in [0.1, 0.15) is 22.8 Å². The largest absolute Gasteiger partial charge is 0.458 e. The number of fused-ring (bicyclic) bond motifs is 1. The highest BCUT2D eigenvalue weighted by Gasteiger charge is 2.42. The summed E-state index contributed by atoms with van der Waals surface area (Å²) in [6.45, 7) is 15.0. The summed E-state index contributed by atoms with van der Waals surface area (Å²) in [5, 5.41) is 12.1. The quantitative estimate of drug-likeness (QED) is 0.378. The van der Waals surface area contributed by atoms with Gasteiger partial charge in [-0.15, -0.1) is 0 Å². The SMILES string of the molecule is CC(C)(C)OC(=O)[C@H](CCC(=O)N1CCc2c([O])cccc21)N(C(=O)OC(C)(C)C)C(=O)OC(C)(C)C. The molecule has 1 aliphatic rings. The molecule has 0 aromatic heterocycles. The lowest BCUT2D eigenvalue weighted by Gasteiger charge is -2.33. The molecule has 0 unspecified atom stereocenters. The zero-order valence-corrected chi connectivity index (χ0v) is 23.3. The molecule has 1 aromatic rings. The van der Waals surface area contributed by atoms with Gasteiger partial charge >= 0.3 is 18.2 Å². The fraction of sp³-hybridized carbons (Fsp3) is 0.630. The van der Waals surface area contributed by atoms with E-state index in [-0.39, 0.29) is 24.5 Å². The Morgan fingerprint density at radius 1 is 0.865 bits per heavy atom. The molecule has 3 amide bonds. The van der Waals surface area contributed by atoms with Crippen LogP contribution >= 0.6 is 0 Å². The van der Waals surface area contributed by atoms with E-state index in [1.54, 1.807) is 74.4 Å². The first-order valence-electron chi connectivity index (χ1n) is 12.4. The van der Waals surface area contributed by atoms with Gasteiger partial charge in [0.2, 0.25) is 5.91 Å². The van der Waals surface area contributed by atoms with Gasteiger partial charge in [0, 0.05) is 18.5 Å². The van der Waals surface area contributed by atoms with Gasteiger partial charge in [0.05, 0.1) is 5.69 Å². The van der Waals surface area contributed by atoms with Crippen LogP contribution in [0, 0.1) is 0 Å². The van der Waals surface area contributed by atoms with Crippen LogP contribution in [0.2, 0.25) is 0 Å². The minimum absolute atomic E-state index is 0.138. The number of rotatable bonds is 5. The second-order valence-electron chi connectivity index (χ2n) is 12.0. The molecule has 1 heterocycles. The number of carbonyl (C=O) groups is 4. The van der Waals surface area contributed by atoms with Gasteiger partial charge in [-0.3, -0.25) is 9.90 Å². The summed E-state index contributed by atoms with van der Waals surface area (Å²) in [5.41, 5.74) is -1.78. The van der Waals surface area contributed by atoms with Crippen molar-refractivity contribution in [3.05, 3.63) is 23.8 Å². The second kappa shape index (κ2) is 11.0. The van der Waals surface area contributed by atoms with Gasteiger partial charge in [-0.05, 0) is 87.3 Å². The van der Waals surface area contributed by atoms with Crippen LogP contribution in [-0.4, -0.2) is 58.4 Å². The maximum atomic E-state index is 13.3. The number of nitrogens with zero attached hydrogens (tertiary/aromatic N) is 2. The van der Waals surface area contributed by atoms with E-state index in [2.05, 4.69) is 0 Å². The van der Waals surface area contributed by atoms with E-state index in [9.17, 15) is 24.3 Å². The molecule has 0 saturated heterocycles. The molecule has 1 atom stereocenters. The number of carbonyl (C=O) groups excluding carboxylic acids is 4. The number of imide groups is 1. The smallest absolute Gasteiger partial charge is 0.420 e. The summed E-state index contributed by atoms with van der Waals surface area (Å²) in [6.07, 6.45) is -2.18. The van der Waals surface area contributed by atoms with Gasteiger partial charge in [-0.2, -0.15) is 4.90 Å². The van der Waals surface area contributed by atoms with Crippen LogP contribution in [-0.2, 0) is 35.3 Å². The topological polar surface area (TPSA) is 122 Å². The molecular formula is C27H39N2O8. The third-order valence-corrected chi connectivity index (χ3v) is 5.09. The monoisotopic (exact) mass is 519 g/mol. The van der Waals surface area contributed by atoms with Crippen molar-refractivity contribution in [3.63, 3.8) is 0 Å². The molecule has 1 aromatic carbocycles. The minimum atomic E-state index is -1.49. The molecular weight excluding hydrogens is 480 g/mol. The Balaban J connectivity index is 2.38. The summed E-state index contributed by atoms with van der Waals surface area (Å²) in [6, 6.07) is 3.25. The van der Waals surface area contributed by atoms with E-state index in [0.29, 0.717) is 29.1 Å². The lowest BCUT2D eigenvalue weighted by Crippen LogP contribution is -2.53. The molecule has 1 radical (unpaired) electrons. The summed E-state index contributed by atoms with van der Waals surface area (Å²) in [5.74, 6) is -1.37. The molecule has 0 aliphatic carbocycles. The van der Waals surface area contributed by atoms with Gasteiger partial charge in [0.25, 0.3) is 0 Å². The maximum absolute atomic E-state index is 13.3. The van der Waals surface area contributed by atoms with E-state index in [1.807, 2.05) is 0 Å². The fourth-order valence-electron chi connectivity index (χ4n) is 3.73. The third-order valence-electron chi connectivity index (χ3n) is 5.09. The minimum Gasteiger partial charge on any atom is -0.458 e. The molecule has 2 rings (SSSR count). The van der Waals surface area contributed by atoms with E-state index in [0.717, 1.165) is 0 Å². The van der Waals surface area contributed by atoms with Crippen molar-refractivity contribution in [2.24, 2.45) is 0 Å². The molecule has 205 valence electrons. The van der Waals surface area contributed by atoms with E-state index >= 15 is 0 Å². The van der Waals surface area contributed by atoms with Crippen molar-refractivity contribution < 1.29 is 38.5 Å². The Kier molecular flexibility index (Phi) is 8.88. The molecule has 0 saturated carbocycles. The summed E-state index contributed by atoms with van der Waals surface area (Å²) >= 11 is 0. The number of anilines is 1. The number of amides is 3. The lowest BCUT2D eigenvalue weighted by molar-refractivity contribution is -0.161. The Labute approximate surface area is 218 Å². The van der Waals surface area contributed by atoms with Crippen LogP contribution in [0.4, 0.5) is 15.3 Å². The first-order chi connectivity index (χ1) is 16.8. The molecule has 0 bridgehead atoms. The Hall–Kier alpha value is -3.30. The predicted octanol–water partition coefficient (Wildman–Crippen LogP) is 5.38. The Bertz CT molecular complexity index is 1000. The van der Waals surface area contributed by atoms with Gasteiger partial charge in [-0.25, -0.2) is 14.4 Å². The van der Waals surface area contributed by atoms with Crippen LogP contribution in [0.25, 0.3) is 0 Å². The molecule has 1 aliphatic heterocycles. The van der Waals surface area contributed by atoms with Crippen LogP contribution < -0.4 is 4.90 Å². The average Bonchev–Trinajstić information content (AvgIpc) is 3.12. The number of hydrogen-bond acceptors (Lipinski definition) is 7. The van der Waals surface area contributed by atoms with E-state index < -0.39 is 41.0 Å². The normalized spacial score (nSPS) is 14.5. The molecule has 10 heteroatoms. The number of esters is 1. The standard InChI is InChI=1S/C27H39N2O8/c1-25(2,3)35-22(32)19(29(23(33)36-26(4,5)6)24(34)37-27(7,8)9)13-14-21(31)28-16-15-17-18(28)11-10-12-20(17)30/h10-12,19H,13-16H2,1-9H3/t19-/m0/s1. The highest BCUT2D eigenvalue weighted by Crippen LogP contribution is 2.35. The maximum Gasteiger partial charge on any atom is 0.420 e. The van der Waals surface area contributed by atoms with Gasteiger partial charge in [0.15, 0.2) is 5.75 Å². The summed E-state index contributed by atoms with van der Waals surface area (Å²) in [4.78, 5) is 54.8. The molecule has 10 nitrogen and oxygen atoms in total. The van der Waals surface area contributed by atoms with Crippen molar-refractivity contribution in [3.8, 4) is 5.75 Å². The van der Waals surface area contributed by atoms with Crippen molar-refractivity contribution in [2.45, 2.75) is 104 Å². The zero-order chi connectivity index (χ0) is 28.3.